The molecule has 1 N–H and O–H groups in total. The van der Waals surface area contributed by atoms with E-state index < -0.39 is 6.10 Å². The Morgan fingerprint density at radius 1 is 0.806 bits per heavy atom. The van der Waals surface area contributed by atoms with Crippen molar-refractivity contribution >= 4 is 5.97 Å². The summed E-state index contributed by atoms with van der Waals surface area (Å²) in [6, 6.07) is 0. The molecule has 0 radical (unpaired) electrons. The number of hydrogen-bond acceptors (Lipinski definition) is 4. The molecule has 0 spiro atoms. The minimum atomic E-state index is -0.543. The number of carbonyl (C=O) groups excluding carboxylic acids is 1. The number of hydrogen-bond donors (Lipinski definition) is 1. The van der Waals surface area contributed by atoms with Crippen molar-refractivity contribution in [2.45, 2.75) is 97.0 Å². The second-order valence-corrected chi connectivity index (χ2v) is 7.68. The highest BCUT2D eigenvalue weighted by Crippen LogP contribution is 2.05. The highest BCUT2D eigenvalue weighted by molar-refractivity contribution is 5.69. The first-order valence-corrected chi connectivity index (χ1v) is 12.2. The molecule has 0 amide bonds. The maximum Gasteiger partial charge on any atom is 0.306 e. The Kier molecular flexibility index (Phi) is 23.3. The van der Waals surface area contributed by atoms with Crippen LogP contribution in [0.5, 0.6) is 0 Å². The molecule has 0 saturated carbocycles. The maximum atomic E-state index is 11.7. The van der Waals surface area contributed by atoms with Crippen LogP contribution < -0.4 is 0 Å². The molecular weight excluding hydrogens is 388 g/mol. The summed E-state index contributed by atoms with van der Waals surface area (Å²) in [5.41, 5.74) is 0. The first-order chi connectivity index (χ1) is 15.2. The lowest BCUT2D eigenvalue weighted by Crippen LogP contribution is -2.27. The second kappa shape index (κ2) is 24.6. The van der Waals surface area contributed by atoms with Crippen molar-refractivity contribution in [1.29, 1.82) is 0 Å². The van der Waals surface area contributed by atoms with E-state index in [0.29, 0.717) is 13.0 Å². The van der Waals surface area contributed by atoms with E-state index in [1.807, 2.05) is 0 Å². The summed E-state index contributed by atoms with van der Waals surface area (Å²) in [5, 5.41) is 9.31. The van der Waals surface area contributed by atoms with Crippen LogP contribution >= 0.6 is 0 Å². The zero-order valence-corrected chi connectivity index (χ0v) is 20.0. The van der Waals surface area contributed by atoms with E-state index in [4.69, 9.17) is 9.47 Å². The number of allylic oxidation sites excluding steroid dienone is 8. The quantitative estimate of drug-likeness (QED) is 0.122. The van der Waals surface area contributed by atoms with E-state index in [0.717, 1.165) is 70.6 Å². The first kappa shape index (κ1) is 29.4. The van der Waals surface area contributed by atoms with Gasteiger partial charge < -0.3 is 14.6 Å². The molecule has 178 valence electrons. The van der Waals surface area contributed by atoms with E-state index in [1.165, 1.54) is 0 Å². The van der Waals surface area contributed by atoms with E-state index in [-0.39, 0.29) is 19.2 Å². The van der Waals surface area contributed by atoms with Gasteiger partial charge in [0.05, 0.1) is 13.2 Å². The Hall–Kier alpha value is -1.65. The molecule has 4 nitrogen and oxygen atoms in total. The highest BCUT2D eigenvalue weighted by Gasteiger charge is 2.13. The van der Waals surface area contributed by atoms with Gasteiger partial charge in [0.1, 0.15) is 6.10 Å². The minimum absolute atomic E-state index is 0.189. The summed E-state index contributed by atoms with van der Waals surface area (Å²) < 4.78 is 10.8. The van der Waals surface area contributed by atoms with Gasteiger partial charge in [0, 0.05) is 13.0 Å². The molecule has 0 bridgehead atoms. The van der Waals surface area contributed by atoms with Crippen molar-refractivity contribution in [2.24, 2.45) is 0 Å². The van der Waals surface area contributed by atoms with Crippen LogP contribution in [-0.4, -0.2) is 37.0 Å². The van der Waals surface area contributed by atoms with Crippen LogP contribution in [0.1, 0.15) is 90.9 Å². The molecular formula is C27H46O4. The van der Waals surface area contributed by atoms with Crippen LogP contribution in [0.15, 0.2) is 48.6 Å². The summed E-state index contributed by atoms with van der Waals surface area (Å²) in [5.74, 6) is -0.242. The van der Waals surface area contributed by atoms with Crippen LogP contribution in [0.25, 0.3) is 0 Å². The fourth-order valence-corrected chi connectivity index (χ4v) is 2.84. The van der Waals surface area contributed by atoms with Gasteiger partial charge in [-0.15, -0.1) is 0 Å². The number of aliphatic hydroxyl groups is 1. The fraction of sp³-hybridized carbons (Fsp3) is 0.667. The summed E-state index contributed by atoms with van der Waals surface area (Å²) >= 11 is 0. The van der Waals surface area contributed by atoms with Gasteiger partial charge in [0.25, 0.3) is 0 Å². The van der Waals surface area contributed by atoms with Crippen LogP contribution in [0.3, 0.4) is 0 Å². The molecule has 0 aromatic heterocycles. The number of rotatable bonds is 21. The summed E-state index contributed by atoms with van der Waals surface area (Å²) in [6.07, 6.45) is 29.0. The fourth-order valence-electron chi connectivity index (χ4n) is 2.84. The topological polar surface area (TPSA) is 55.8 Å². The molecule has 0 heterocycles. The van der Waals surface area contributed by atoms with E-state index in [1.54, 1.807) is 0 Å². The van der Waals surface area contributed by atoms with E-state index >= 15 is 0 Å². The van der Waals surface area contributed by atoms with Crippen molar-refractivity contribution in [3.8, 4) is 0 Å². The lowest BCUT2D eigenvalue weighted by atomic mass is 10.2. The molecule has 0 saturated heterocycles. The lowest BCUT2D eigenvalue weighted by molar-refractivity contribution is -0.154. The van der Waals surface area contributed by atoms with Crippen molar-refractivity contribution in [1.82, 2.24) is 0 Å². The Bertz CT molecular complexity index is 505. The molecule has 1 atom stereocenters. The Morgan fingerprint density at radius 2 is 1.45 bits per heavy atom. The normalized spacial score (nSPS) is 13.3. The number of esters is 1. The smallest absolute Gasteiger partial charge is 0.306 e. The molecule has 4 heteroatoms. The first-order valence-electron chi connectivity index (χ1n) is 12.2. The predicted octanol–water partition coefficient (Wildman–Crippen LogP) is 6.85. The van der Waals surface area contributed by atoms with Gasteiger partial charge in [-0.05, 0) is 51.4 Å². The zero-order valence-electron chi connectivity index (χ0n) is 20.0. The molecule has 31 heavy (non-hydrogen) atoms. The lowest BCUT2D eigenvalue weighted by Gasteiger charge is -2.15. The number of aliphatic hydroxyl groups excluding tert-OH is 1. The van der Waals surface area contributed by atoms with E-state index in [2.05, 4.69) is 62.5 Å². The van der Waals surface area contributed by atoms with Crippen LogP contribution in [0.2, 0.25) is 0 Å². The molecule has 0 aromatic rings. The molecule has 0 aliphatic rings. The van der Waals surface area contributed by atoms with Gasteiger partial charge in [0.2, 0.25) is 0 Å². The monoisotopic (exact) mass is 434 g/mol. The summed E-state index contributed by atoms with van der Waals surface area (Å²) in [6.45, 7) is 4.97. The third-order valence-electron chi connectivity index (χ3n) is 4.67. The SMILES string of the molecule is CC/C=C\C/C=C\C/C=C\C/C=C\CCCCCOCC(CO)OC(=O)CCCCC. The second-order valence-electron chi connectivity index (χ2n) is 7.68. The van der Waals surface area contributed by atoms with Gasteiger partial charge in [-0.25, -0.2) is 0 Å². The van der Waals surface area contributed by atoms with Crippen molar-refractivity contribution in [3.05, 3.63) is 48.6 Å². The van der Waals surface area contributed by atoms with Gasteiger partial charge in [-0.3, -0.25) is 4.79 Å². The largest absolute Gasteiger partial charge is 0.457 e. The minimum Gasteiger partial charge on any atom is -0.457 e. The van der Waals surface area contributed by atoms with Gasteiger partial charge in [0.15, 0.2) is 0 Å². The third kappa shape index (κ3) is 22.9. The van der Waals surface area contributed by atoms with E-state index in [9.17, 15) is 9.90 Å². The molecule has 0 fully saturated rings. The average Bonchev–Trinajstić information content (AvgIpc) is 2.77. The predicted molar refractivity (Wildman–Crippen MR) is 131 cm³/mol. The van der Waals surface area contributed by atoms with Gasteiger partial charge in [-0.1, -0.05) is 81.7 Å². The highest BCUT2D eigenvalue weighted by atomic mass is 16.6. The maximum absolute atomic E-state index is 11.7. The van der Waals surface area contributed by atoms with Gasteiger partial charge >= 0.3 is 5.97 Å². The molecule has 0 rings (SSSR count). The van der Waals surface area contributed by atoms with Gasteiger partial charge in [-0.2, -0.15) is 0 Å². The van der Waals surface area contributed by atoms with Crippen LogP contribution in [0, 0.1) is 0 Å². The average molecular weight is 435 g/mol. The van der Waals surface area contributed by atoms with Crippen molar-refractivity contribution in [2.75, 3.05) is 19.8 Å². The molecule has 0 aliphatic heterocycles. The van der Waals surface area contributed by atoms with Crippen molar-refractivity contribution < 1.29 is 19.4 Å². The van der Waals surface area contributed by atoms with Crippen LogP contribution in [-0.2, 0) is 14.3 Å². The molecule has 0 aromatic carbocycles. The molecule has 1 unspecified atom stereocenters. The number of ether oxygens (including phenoxy) is 2. The Morgan fingerprint density at radius 3 is 2.06 bits per heavy atom. The third-order valence-corrected chi connectivity index (χ3v) is 4.67. The number of carbonyl (C=O) groups is 1. The standard InChI is InChI=1S/C27H46O4/c1-3-5-7-8-9-10-11-12-13-14-15-16-17-18-19-21-23-30-25-26(24-28)31-27(29)22-20-6-4-2/h5,7,9-10,12-13,15-16,26,28H,3-4,6,8,11,14,17-25H2,1-2H3/b7-5-,10-9-,13-12-,16-15-. The Balaban J connectivity index is 3.54. The number of unbranched alkanes of at least 4 members (excludes halogenated alkanes) is 5. The zero-order chi connectivity index (χ0) is 22.8. The molecule has 0 aliphatic carbocycles. The van der Waals surface area contributed by atoms with Crippen molar-refractivity contribution in [3.63, 3.8) is 0 Å². The van der Waals surface area contributed by atoms with Crippen LogP contribution in [0.4, 0.5) is 0 Å². The Labute approximate surface area is 191 Å². The summed E-state index contributed by atoms with van der Waals surface area (Å²) in [4.78, 5) is 11.7. The summed E-state index contributed by atoms with van der Waals surface area (Å²) in [7, 11) is 0.